The van der Waals surface area contributed by atoms with Crippen molar-refractivity contribution in [3.05, 3.63) is 48.5 Å². The molecule has 1 heterocycles. The molecule has 0 atom stereocenters. The van der Waals surface area contributed by atoms with Crippen molar-refractivity contribution in [2.75, 3.05) is 15.5 Å². The van der Waals surface area contributed by atoms with Crippen LogP contribution in [0, 0.1) is 0 Å². The van der Waals surface area contributed by atoms with Gasteiger partial charge in [0, 0.05) is 29.1 Å². The van der Waals surface area contributed by atoms with E-state index in [1.165, 1.54) is 4.90 Å². The Labute approximate surface area is 170 Å². The van der Waals surface area contributed by atoms with Crippen LogP contribution >= 0.6 is 24.0 Å². The molecule has 146 valence electrons. The number of thioether (sulfide) groups is 1. The molecule has 2 amide bonds. The number of hydrogen-bond donors (Lipinski definition) is 2. The van der Waals surface area contributed by atoms with Crippen LogP contribution in [0.3, 0.4) is 0 Å². The van der Waals surface area contributed by atoms with Gasteiger partial charge in [-0.15, -0.1) is 0 Å². The number of imide groups is 1. The van der Waals surface area contributed by atoms with Crippen molar-refractivity contribution in [2.45, 2.75) is 29.9 Å². The predicted octanol–water partition coefficient (Wildman–Crippen LogP) is 4.85. The molecule has 2 aromatic carbocycles. The van der Waals surface area contributed by atoms with Crippen molar-refractivity contribution >= 4 is 58.0 Å². The largest absolute Gasteiger partial charge is 0.332 e. The molecule has 1 saturated heterocycles. The van der Waals surface area contributed by atoms with Crippen molar-refractivity contribution in [3.8, 4) is 0 Å². The molecule has 1 aliphatic rings. The second kappa shape index (κ2) is 9.11. The number of anilines is 3. The first-order chi connectivity index (χ1) is 13.4. The van der Waals surface area contributed by atoms with E-state index in [1.807, 2.05) is 0 Å². The number of nitrogens with zero attached hydrogens (tertiary/aromatic N) is 1. The highest BCUT2D eigenvalue weighted by atomic mass is 32.2. The summed E-state index contributed by atoms with van der Waals surface area (Å²) in [5.41, 5.74) is 1.88. The van der Waals surface area contributed by atoms with Gasteiger partial charge in [-0.25, -0.2) is 0 Å². The Kier molecular flexibility index (Phi) is 6.58. The maximum absolute atomic E-state index is 12.3. The van der Waals surface area contributed by atoms with Crippen LogP contribution in [0.5, 0.6) is 0 Å². The first-order valence-corrected chi connectivity index (χ1v) is 9.80. The third kappa shape index (κ3) is 5.26. The van der Waals surface area contributed by atoms with Crippen molar-refractivity contribution in [1.82, 2.24) is 0 Å². The van der Waals surface area contributed by atoms with E-state index in [2.05, 4.69) is 10.6 Å². The number of alkyl halides is 2. The van der Waals surface area contributed by atoms with Gasteiger partial charge >= 0.3 is 0 Å². The van der Waals surface area contributed by atoms with E-state index in [9.17, 15) is 18.4 Å². The van der Waals surface area contributed by atoms with Crippen molar-refractivity contribution in [3.63, 3.8) is 0 Å². The number of nitrogens with one attached hydrogen (secondary N) is 2. The average molecular weight is 421 g/mol. The van der Waals surface area contributed by atoms with Gasteiger partial charge in [0.15, 0.2) is 5.11 Å². The first kappa shape index (κ1) is 20.2. The fourth-order valence-electron chi connectivity index (χ4n) is 2.75. The van der Waals surface area contributed by atoms with E-state index in [-0.39, 0.29) is 11.8 Å². The molecule has 0 radical (unpaired) electrons. The van der Waals surface area contributed by atoms with Gasteiger partial charge in [-0.3, -0.25) is 14.5 Å². The maximum Gasteiger partial charge on any atom is 0.288 e. The van der Waals surface area contributed by atoms with Crippen LogP contribution < -0.4 is 15.5 Å². The van der Waals surface area contributed by atoms with Crippen molar-refractivity contribution in [1.29, 1.82) is 0 Å². The van der Waals surface area contributed by atoms with Gasteiger partial charge in [0.2, 0.25) is 11.8 Å². The molecule has 2 N–H and O–H groups in total. The summed E-state index contributed by atoms with van der Waals surface area (Å²) in [6.07, 6.45) is 1.33. The number of piperidine rings is 1. The number of halogens is 2. The Morgan fingerprint density at radius 3 is 1.93 bits per heavy atom. The minimum Gasteiger partial charge on any atom is -0.332 e. The van der Waals surface area contributed by atoms with E-state index in [0.717, 1.165) is 0 Å². The molecular weight excluding hydrogens is 404 g/mol. The van der Waals surface area contributed by atoms with Gasteiger partial charge in [0.05, 0.1) is 5.69 Å². The van der Waals surface area contributed by atoms with Crippen LogP contribution in [0.4, 0.5) is 25.8 Å². The minimum atomic E-state index is -2.46. The molecular formula is C19H17F2N3O2S2. The Balaban J connectivity index is 1.58. The fraction of sp³-hybridized carbons (Fsp3) is 0.211. The van der Waals surface area contributed by atoms with E-state index in [1.54, 1.807) is 48.5 Å². The van der Waals surface area contributed by atoms with E-state index >= 15 is 0 Å². The molecule has 1 fully saturated rings. The lowest BCUT2D eigenvalue weighted by Gasteiger charge is -2.25. The van der Waals surface area contributed by atoms with Crippen molar-refractivity contribution in [2.24, 2.45) is 0 Å². The molecule has 0 aliphatic carbocycles. The number of benzene rings is 2. The molecule has 0 unspecified atom stereocenters. The molecule has 0 bridgehead atoms. The van der Waals surface area contributed by atoms with Crippen LogP contribution in [0.25, 0.3) is 0 Å². The SMILES string of the molecule is O=C1CCCC(=O)N1c1ccc(NC(=S)Nc2ccc(SC(F)F)cc2)cc1. The zero-order valence-corrected chi connectivity index (χ0v) is 16.3. The maximum atomic E-state index is 12.3. The van der Waals surface area contributed by atoms with Gasteiger partial charge in [-0.2, -0.15) is 8.78 Å². The van der Waals surface area contributed by atoms with Crippen LogP contribution in [0.1, 0.15) is 19.3 Å². The quantitative estimate of drug-likeness (QED) is 0.409. The molecule has 0 saturated carbocycles. The lowest BCUT2D eigenvalue weighted by atomic mass is 10.1. The van der Waals surface area contributed by atoms with Gasteiger partial charge in [0.25, 0.3) is 5.76 Å². The summed E-state index contributed by atoms with van der Waals surface area (Å²) in [5, 5.41) is 6.29. The Morgan fingerprint density at radius 2 is 1.43 bits per heavy atom. The number of thiocarbonyl (C=S) groups is 1. The van der Waals surface area contributed by atoms with Crippen LogP contribution in [0.2, 0.25) is 0 Å². The molecule has 0 spiro atoms. The number of carbonyl (C=O) groups is 2. The molecule has 28 heavy (non-hydrogen) atoms. The normalized spacial score (nSPS) is 14.3. The summed E-state index contributed by atoms with van der Waals surface area (Å²) in [7, 11) is 0. The summed E-state index contributed by atoms with van der Waals surface area (Å²) in [6.45, 7) is 0. The van der Waals surface area contributed by atoms with E-state index in [0.29, 0.717) is 58.1 Å². The van der Waals surface area contributed by atoms with Gasteiger partial charge in [-0.05, 0) is 67.2 Å². The fourth-order valence-corrected chi connectivity index (χ4v) is 3.48. The number of hydrogen-bond acceptors (Lipinski definition) is 4. The third-order valence-corrected chi connectivity index (χ3v) is 4.93. The van der Waals surface area contributed by atoms with E-state index in [4.69, 9.17) is 12.2 Å². The highest BCUT2D eigenvalue weighted by molar-refractivity contribution is 7.99. The smallest absolute Gasteiger partial charge is 0.288 e. The Hall–Kier alpha value is -2.52. The minimum absolute atomic E-state index is 0.192. The third-order valence-electron chi connectivity index (χ3n) is 4.00. The predicted molar refractivity (Wildman–Crippen MR) is 111 cm³/mol. The topological polar surface area (TPSA) is 61.4 Å². The zero-order chi connectivity index (χ0) is 20.1. The highest BCUT2D eigenvalue weighted by Crippen LogP contribution is 2.26. The van der Waals surface area contributed by atoms with Crippen LogP contribution in [-0.4, -0.2) is 22.7 Å². The lowest BCUT2D eigenvalue weighted by Crippen LogP contribution is -2.40. The monoisotopic (exact) mass is 421 g/mol. The average Bonchev–Trinajstić information content (AvgIpc) is 2.64. The highest BCUT2D eigenvalue weighted by Gasteiger charge is 2.27. The summed E-state index contributed by atoms with van der Waals surface area (Å²) in [5.74, 6) is -2.84. The van der Waals surface area contributed by atoms with Gasteiger partial charge < -0.3 is 10.6 Å². The lowest BCUT2D eigenvalue weighted by molar-refractivity contribution is -0.129. The molecule has 1 aliphatic heterocycles. The summed E-state index contributed by atoms with van der Waals surface area (Å²) < 4.78 is 24.7. The summed E-state index contributed by atoms with van der Waals surface area (Å²) in [4.78, 5) is 25.6. The van der Waals surface area contributed by atoms with Crippen LogP contribution in [-0.2, 0) is 9.59 Å². The summed E-state index contributed by atoms with van der Waals surface area (Å²) in [6, 6.07) is 13.3. The van der Waals surface area contributed by atoms with Crippen molar-refractivity contribution < 1.29 is 18.4 Å². The van der Waals surface area contributed by atoms with Crippen LogP contribution in [0.15, 0.2) is 53.4 Å². The molecule has 0 aromatic heterocycles. The number of rotatable bonds is 5. The summed E-state index contributed by atoms with van der Waals surface area (Å²) >= 11 is 5.73. The van der Waals surface area contributed by atoms with E-state index < -0.39 is 5.76 Å². The zero-order valence-electron chi connectivity index (χ0n) is 14.7. The van der Waals surface area contributed by atoms with Gasteiger partial charge in [0.1, 0.15) is 0 Å². The second-order valence-electron chi connectivity index (χ2n) is 6.01. The molecule has 2 aromatic rings. The Bertz CT molecular complexity index is 858. The van der Waals surface area contributed by atoms with Gasteiger partial charge in [-0.1, -0.05) is 11.8 Å². The second-order valence-corrected chi connectivity index (χ2v) is 7.48. The number of carbonyl (C=O) groups excluding carboxylic acids is 2. The Morgan fingerprint density at radius 1 is 0.929 bits per heavy atom. The standard InChI is InChI=1S/C19H17F2N3O2S2/c20-18(21)28-15-10-6-13(7-11-15)23-19(27)22-12-4-8-14(9-5-12)24-16(25)2-1-3-17(24)26/h4-11,18H,1-3H2,(H2,22,23,27). The molecule has 5 nitrogen and oxygen atoms in total. The number of amides is 2. The first-order valence-electron chi connectivity index (χ1n) is 8.51. The molecule has 3 rings (SSSR count). The molecule has 9 heteroatoms.